The Morgan fingerprint density at radius 2 is 1.00 bits per heavy atom. The van der Waals surface area contributed by atoms with E-state index in [1.54, 1.807) is 0 Å². The van der Waals surface area contributed by atoms with Crippen LogP contribution in [0.2, 0.25) is 12.1 Å². The van der Waals surface area contributed by atoms with E-state index in [9.17, 15) is 0 Å². The molecule has 4 heteroatoms. The van der Waals surface area contributed by atoms with Crippen molar-refractivity contribution in [3.05, 3.63) is 83.9 Å². The summed E-state index contributed by atoms with van der Waals surface area (Å²) < 4.78 is 0. The minimum Gasteiger partial charge on any atom is -1.00 e. The van der Waals surface area contributed by atoms with Crippen molar-refractivity contribution in [3.8, 4) is 0 Å². The van der Waals surface area contributed by atoms with E-state index in [-0.39, 0.29) is 35.6 Å². The molecule has 0 spiro atoms. The van der Waals surface area contributed by atoms with Gasteiger partial charge in [-0.25, -0.2) is 0 Å². The van der Waals surface area contributed by atoms with Crippen molar-refractivity contribution in [1.29, 1.82) is 0 Å². The second-order valence-electron chi connectivity index (χ2n) is 9.29. The molecule has 0 nitrogen and oxygen atoms in total. The van der Waals surface area contributed by atoms with Crippen LogP contribution in [0.15, 0.2) is 72.8 Å². The Balaban J connectivity index is 0. The summed E-state index contributed by atoms with van der Waals surface area (Å²) in [4.78, 5) is 0. The first kappa shape index (κ1) is 34.8. The van der Waals surface area contributed by atoms with Crippen molar-refractivity contribution in [3.63, 3.8) is 0 Å². The molecule has 0 unspecified atom stereocenters. The second kappa shape index (κ2) is 18.9. The Morgan fingerprint density at radius 3 is 1.26 bits per heavy atom. The molecule has 0 N–H and O–H groups in total. The molecule has 0 saturated carbocycles. The van der Waals surface area contributed by atoms with Crippen molar-refractivity contribution in [2.75, 3.05) is 0 Å². The summed E-state index contributed by atoms with van der Waals surface area (Å²) in [6.45, 7) is 13.5. The van der Waals surface area contributed by atoms with Gasteiger partial charge in [-0.1, -0.05) is 65.8 Å². The molecule has 0 aliphatic rings. The van der Waals surface area contributed by atoms with Gasteiger partial charge in [-0.05, 0) is 24.7 Å². The SMILES string of the molecule is CC(C)Cc1cc2ccccc2[cH-]1.CC(C)Cc1cc2ccccc2[cH-]1.CC[SiH]CC.[F-].[F-].[Zr+4]. The monoisotopic (exact) mass is 557 g/mol. The fourth-order valence-electron chi connectivity index (χ4n) is 3.90. The van der Waals surface area contributed by atoms with Gasteiger partial charge in [0.05, 0.1) is 0 Å². The summed E-state index contributed by atoms with van der Waals surface area (Å²) in [7, 11) is 0.815. The molecule has 1 radical (unpaired) electrons. The normalized spacial score (nSPS) is 9.88. The molecule has 0 saturated heterocycles. The van der Waals surface area contributed by atoms with Crippen molar-refractivity contribution < 1.29 is 35.6 Å². The smallest absolute Gasteiger partial charge is 1.00 e. The molecule has 0 amide bonds. The number of rotatable bonds is 6. The van der Waals surface area contributed by atoms with Gasteiger partial charge in [-0.15, -0.1) is 81.2 Å². The molecule has 34 heavy (non-hydrogen) atoms. The number of benzene rings is 2. The molecule has 0 atom stereocenters. The van der Waals surface area contributed by atoms with Crippen LogP contribution in [0.3, 0.4) is 0 Å². The predicted octanol–water partition coefficient (Wildman–Crippen LogP) is 2.82. The third kappa shape index (κ3) is 12.4. The topological polar surface area (TPSA) is 0 Å². The van der Waals surface area contributed by atoms with E-state index in [0.29, 0.717) is 0 Å². The molecule has 4 aromatic rings. The van der Waals surface area contributed by atoms with Crippen LogP contribution in [-0.2, 0) is 39.0 Å². The van der Waals surface area contributed by atoms with Crippen LogP contribution in [-0.4, -0.2) is 9.52 Å². The van der Waals surface area contributed by atoms with Gasteiger partial charge in [0.1, 0.15) is 0 Å². The Kier molecular flexibility index (Phi) is 19.3. The number of hydrogen-bond donors (Lipinski definition) is 0. The average Bonchev–Trinajstić information content (AvgIpc) is 3.31. The van der Waals surface area contributed by atoms with Gasteiger partial charge in [-0.3, -0.25) is 0 Å². The Labute approximate surface area is 228 Å². The van der Waals surface area contributed by atoms with E-state index < -0.39 is 0 Å². The molecule has 0 bridgehead atoms. The van der Waals surface area contributed by atoms with Crippen molar-refractivity contribution in [2.24, 2.45) is 11.8 Å². The van der Waals surface area contributed by atoms with Crippen molar-refractivity contribution in [2.45, 2.75) is 66.5 Å². The maximum atomic E-state index is 2.30. The third-order valence-electron chi connectivity index (χ3n) is 5.22. The van der Waals surface area contributed by atoms with Crippen molar-refractivity contribution in [1.82, 2.24) is 0 Å². The summed E-state index contributed by atoms with van der Waals surface area (Å²) in [6, 6.07) is 29.2. The maximum Gasteiger partial charge on any atom is 4.00 e. The molecule has 0 heterocycles. The van der Waals surface area contributed by atoms with Gasteiger partial charge in [0.2, 0.25) is 0 Å². The largest absolute Gasteiger partial charge is 4.00 e. The zero-order valence-electron chi connectivity index (χ0n) is 21.7. The van der Waals surface area contributed by atoms with E-state index >= 15 is 0 Å². The number of fused-ring (bicyclic) bond motifs is 2. The molecule has 0 aliphatic carbocycles. The number of hydrogen-bond acceptors (Lipinski definition) is 0. The second-order valence-corrected chi connectivity index (χ2v) is 11.5. The average molecular weight is 559 g/mol. The Hall–Kier alpha value is -1.38. The molecule has 0 aromatic heterocycles. The summed E-state index contributed by atoms with van der Waals surface area (Å²) >= 11 is 0. The number of halogens is 2. The molecule has 4 aromatic carbocycles. The van der Waals surface area contributed by atoms with E-state index in [4.69, 9.17) is 0 Å². The van der Waals surface area contributed by atoms with Gasteiger partial charge in [0.25, 0.3) is 0 Å². The van der Waals surface area contributed by atoms with E-state index in [2.05, 4.69) is 114 Å². The zero-order chi connectivity index (χ0) is 22.6. The van der Waals surface area contributed by atoms with Crippen LogP contribution >= 0.6 is 0 Å². The Bertz CT molecular complexity index is 869. The minimum atomic E-state index is 0. The van der Waals surface area contributed by atoms with E-state index in [1.165, 1.54) is 57.6 Å². The first-order valence-electron chi connectivity index (χ1n) is 12.0. The first-order chi connectivity index (χ1) is 14.9. The summed E-state index contributed by atoms with van der Waals surface area (Å²) in [5, 5.41) is 5.49. The summed E-state index contributed by atoms with van der Waals surface area (Å²) in [5.74, 6) is 1.49. The Morgan fingerprint density at radius 1 is 0.647 bits per heavy atom. The zero-order valence-corrected chi connectivity index (χ0v) is 25.4. The molecule has 0 aliphatic heterocycles. The van der Waals surface area contributed by atoms with Gasteiger partial charge in [0.15, 0.2) is 0 Å². The molecular weight excluding hydrogens is 518 g/mol. The van der Waals surface area contributed by atoms with Gasteiger partial charge in [-0.2, -0.15) is 12.1 Å². The standard InChI is InChI=1S/2C13H15.C4H11Si.2FH.Zr/c2*1-10(2)7-11-8-12-5-3-4-6-13(12)9-11;1-3-5-4-2;;;/h2*3-6,8-10H,7H2,1-2H3;5H,3-4H2,1-2H3;2*1H;/q2*-1;;;;+4/p-2. The van der Waals surface area contributed by atoms with Crippen LogP contribution in [0.4, 0.5) is 0 Å². The quantitative estimate of drug-likeness (QED) is 0.252. The van der Waals surface area contributed by atoms with E-state index in [0.717, 1.165) is 21.4 Å². The maximum absolute atomic E-state index is 2.30. The molecule has 183 valence electrons. The van der Waals surface area contributed by atoms with E-state index in [1.807, 2.05) is 0 Å². The first-order valence-corrected chi connectivity index (χ1v) is 13.7. The minimum absolute atomic E-state index is 0. The van der Waals surface area contributed by atoms with Crippen LogP contribution in [0.25, 0.3) is 21.5 Å². The van der Waals surface area contributed by atoms with Gasteiger partial charge >= 0.3 is 26.2 Å². The van der Waals surface area contributed by atoms with Gasteiger partial charge in [0, 0.05) is 9.52 Å². The molecule has 0 fully saturated rings. The fraction of sp³-hybridized carbons (Fsp3) is 0.400. The summed E-state index contributed by atoms with van der Waals surface area (Å²) in [6.07, 6.45) is 2.38. The molecule has 4 rings (SSSR count). The van der Waals surface area contributed by atoms with Gasteiger partial charge < -0.3 is 9.41 Å². The predicted molar refractivity (Wildman–Crippen MR) is 144 cm³/mol. The third-order valence-corrected chi connectivity index (χ3v) is 6.38. The summed E-state index contributed by atoms with van der Waals surface area (Å²) in [5.41, 5.74) is 2.94. The van der Waals surface area contributed by atoms with Crippen LogP contribution in [0, 0.1) is 11.8 Å². The fourth-order valence-corrected chi connectivity index (χ4v) is 4.47. The van der Waals surface area contributed by atoms with Crippen LogP contribution < -0.4 is 9.41 Å². The molecular formula is C30H41F2SiZr. The van der Waals surface area contributed by atoms with Crippen LogP contribution in [0.1, 0.15) is 52.7 Å². The van der Waals surface area contributed by atoms with Crippen molar-refractivity contribution >= 4 is 31.1 Å². The van der Waals surface area contributed by atoms with Crippen LogP contribution in [0.5, 0.6) is 0 Å².